The minimum atomic E-state index is 0.704. The average molecular weight is 256 g/mol. The van der Waals surface area contributed by atoms with Gasteiger partial charge in [0.1, 0.15) is 0 Å². The lowest BCUT2D eigenvalue weighted by molar-refractivity contribution is 0.0523. The van der Waals surface area contributed by atoms with Crippen LogP contribution in [0.4, 0.5) is 0 Å². The van der Waals surface area contributed by atoms with Crippen LogP contribution in [0.1, 0.15) is 25.7 Å². The van der Waals surface area contributed by atoms with Crippen LogP contribution in [0.15, 0.2) is 0 Å². The number of piperidine rings is 1. The third-order valence-electron chi connectivity index (χ3n) is 3.91. The Labute approximate surface area is 111 Å². The lowest BCUT2D eigenvalue weighted by atomic mass is 9.99. The first-order valence-corrected chi connectivity index (χ1v) is 7.41. The minimum Gasteiger partial charge on any atom is -0.382 e. The van der Waals surface area contributed by atoms with Gasteiger partial charge in [-0.1, -0.05) is 0 Å². The van der Waals surface area contributed by atoms with Crippen LogP contribution in [0, 0.1) is 5.92 Å². The molecule has 106 valence electrons. The van der Waals surface area contributed by atoms with Crippen LogP contribution < -0.4 is 5.32 Å². The summed E-state index contributed by atoms with van der Waals surface area (Å²) >= 11 is 0. The minimum absolute atomic E-state index is 0.704. The smallest absolute Gasteiger partial charge is 0.0700 e. The fraction of sp³-hybridized carbons (Fsp3) is 1.00. The summed E-state index contributed by atoms with van der Waals surface area (Å²) in [5, 5.41) is 3.51. The fourth-order valence-corrected chi connectivity index (χ4v) is 2.70. The summed E-state index contributed by atoms with van der Waals surface area (Å²) in [6.07, 6.45) is 5.50. The second-order valence-corrected chi connectivity index (χ2v) is 5.54. The molecule has 0 radical (unpaired) electrons. The first kappa shape index (κ1) is 14.3. The molecule has 1 saturated carbocycles. The molecule has 2 rings (SSSR count). The standard InChI is InChI=1S/C14H28N2O2/c1-17-9-10-18-8-7-16(14-4-5-14)12-13-3-2-6-15-11-13/h13-15H,2-12H2,1H3. The summed E-state index contributed by atoms with van der Waals surface area (Å²) in [5.74, 6) is 0.846. The number of hydrogen-bond acceptors (Lipinski definition) is 4. The van der Waals surface area contributed by atoms with Gasteiger partial charge in [-0.2, -0.15) is 0 Å². The van der Waals surface area contributed by atoms with E-state index in [2.05, 4.69) is 10.2 Å². The molecule has 2 aliphatic rings. The quantitative estimate of drug-likeness (QED) is 0.627. The second kappa shape index (κ2) is 8.10. The van der Waals surface area contributed by atoms with Crippen molar-refractivity contribution < 1.29 is 9.47 Å². The van der Waals surface area contributed by atoms with Gasteiger partial charge in [-0.05, 0) is 44.7 Å². The lowest BCUT2D eigenvalue weighted by Crippen LogP contribution is -2.40. The molecule has 0 aromatic rings. The van der Waals surface area contributed by atoms with Crippen molar-refractivity contribution in [3.63, 3.8) is 0 Å². The predicted molar refractivity (Wildman–Crippen MR) is 72.9 cm³/mol. The molecule has 0 amide bonds. The van der Waals surface area contributed by atoms with E-state index in [-0.39, 0.29) is 0 Å². The number of methoxy groups -OCH3 is 1. The van der Waals surface area contributed by atoms with Crippen molar-refractivity contribution in [2.75, 3.05) is 53.1 Å². The van der Waals surface area contributed by atoms with Crippen molar-refractivity contribution in [3.8, 4) is 0 Å². The fourth-order valence-electron chi connectivity index (χ4n) is 2.70. The Kier molecular flexibility index (Phi) is 6.41. The maximum Gasteiger partial charge on any atom is 0.0700 e. The molecule has 1 saturated heterocycles. The highest BCUT2D eigenvalue weighted by atomic mass is 16.5. The summed E-state index contributed by atoms with van der Waals surface area (Å²) in [4.78, 5) is 2.64. The molecule has 1 atom stereocenters. The molecule has 4 heteroatoms. The number of nitrogens with zero attached hydrogens (tertiary/aromatic N) is 1. The molecule has 0 bridgehead atoms. The Morgan fingerprint density at radius 1 is 1.17 bits per heavy atom. The van der Waals surface area contributed by atoms with Crippen molar-refractivity contribution >= 4 is 0 Å². The van der Waals surface area contributed by atoms with Crippen LogP contribution in [0.5, 0.6) is 0 Å². The summed E-state index contributed by atoms with van der Waals surface area (Å²) in [6, 6.07) is 0.845. The zero-order chi connectivity index (χ0) is 12.6. The van der Waals surface area contributed by atoms with Gasteiger partial charge in [0, 0.05) is 26.2 Å². The van der Waals surface area contributed by atoms with Gasteiger partial charge in [0.05, 0.1) is 19.8 Å². The Morgan fingerprint density at radius 2 is 2.06 bits per heavy atom. The van der Waals surface area contributed by atoms with Crippen molar-refractivity contribution in [1.82, 2.24) is 10.2 Å². The topological polar surface area (TPSA) is 33.7 Å². The zero-order valence-corrected chi connectivity index (χ0v) is 11.7. The van der Waals surface area contributed by atoms with Crippen LogP contribution >= 0.6 is 0 Å². The first-order valence-electron chi connectivity index (χ1n) is 7.41. The molecule has 4 nitrogen and oxygen atoms in total. The van der Waals surface area contributed by atoms with Crippen molar-refractivity contribution in [2.45, 2.75) is 31.7 Å². The molecule has 1 heterocycles. The van der Waals surface area contributed by atoms with Crippen LogP contribution in [0.2, 0.25) is 0 Å². The number of nitrogens with one attached hydrogen (secondary N) is 1. The first-order chi connectivity index (χ1) is 8.90. The van der Waals surface area contributed by atoms with E-state index in [4.69, 9.17) is 9.47 Å². The highest BCUT2D eigenvalue weighted by Crippen LogP contribution is 2.28. The molecule has 1 unspecified atom stereocenters. The van der Waals surface area contributed by atoms with Crippen molar-refractivity contribution in [2.24, 2.45) is 5.92 Å². The van der Waals surface area contributed by atoms with Crippen LogP contribution in [0.25, 0.3) is 0 Å². The lowest BCUT2D eigenvalue weighted by Gasteiger charge is -2.30. The number of ether oxygens (including phenoxy) is 2. The SMILES string of the molecule is COCCOCCN(CC1CCCNC1)C1CC1. The Hall–Kier alpha value is -0.160. The van der Waals surface area contributed by atoms with Gasteiger partial charge in [-0.25, -0.2) is 0 Å². The van der Waals surface area contributed by atoms with Gasteiger partial charge in [0.25, 0.3) is 0 Å². The van der Waals surface area contributed by atoms with Gasteiger partial charge in [0.15, 0.2) is 0 Å². The van der Waals surface area contributed by atoms with E-state index in [1.165, 1.54) is 45.3 Å². The summed E-state index contributed by atoms with van der Waals surface area (Å²) < 4.78 is 10.6. The Balaban J connectivity index is 1.61. The molecular formula is C14H28N2O2. The zero-order valence-electron chi connectivity index (χ0n) is 11.7. The summed E-state index contributed by atoms with van der Waals surface area (Å²) in [6.45, 7) is 7.03. The van der Waals surface area contributed by atoms with E-state index >= 15 is 0 Å². The Morgan fingerprint density at radius 3 is 2.72 bits per heavy atom. The van der Waals surface area contributed by atoms with Crippen molar-refractivity contribution in [1.29, 1.82) is 0 Å². The van der Waals surface area contributed by atoms with E-state index in [0.717, 1.165) is 31.7 Å². The van der Waals surface area contributed by atoms with E-state index in [0.29, 0.717) is 6.61 Å². The molecule has 18 heavy (non-hydrogen) atoms. The van der Waals surface area contributed by atoms with Gasteiger partial charge in [-0.15, -0.1) is 0 Å². The van der Waals surface area contributed by atoms with Crippen LogP contribution in [-0.4, -0.2) is 64.1 Å². The second-order valence-electron chi connectivity index (χ2n) is 5.54. The monoisotopic (exact) mass is 256 g/mol. The number of rotatable bonds is 9. The summed E-state index contributed by atoms with van der Waals surface area (Å²) in [5.41, 5.74) is 0. The maximum atomic E-state index is 5.59. The molecule has 1 aliphatic heterocycles. The van der Waals surface area contributed by atoms with Gasteiger partial charge in [0.2, 0.25) is 0 Å². The predicted octanol–water partition coefficient (Wildman–Crippen LogP) is 1.11. The van der Waals surface area contributed by atoms with Crippen LogP contribution in [-0.2, 0) is 9.47 Å². The average Bonchev–Trinajstić information content (AvgIpc) is 3.23. The Bertz CT molecular complexity index is 216. The molecule has 1 N–H and O–H groups in total. The molecule has 1 aliphatic carbocycles. The molecular weight excluding hydrogens is 228 g/mol. The molecule has 0 aromatic heterocycles. The third kappa shape index (κ3) is 5.22. The van der Waals surface area contributed by atoms with Gasteiger partial charge < -0.3 is 14.8 Å². The molecule has 0 aromatic carbocycles. The van der Waals surface area contributed by atoms with Crippen molar-refractivity contribution in [3.05, 3.63) is 0 Å². The third-order valence-corrected chi connectivity index (χ3v) is 3.91. The van der Waals surface area contributed by atoms with Crippen LogP contribution in [0.3, 0.4) is 0 Å². The van der Waals surface area contributed by atoms with Gasteiger partial charge >= 0.3 is 0 Å². The maximum absolute atomic E-state index is 5.59. The largest absolute Gasteiger partial charge is 0.382 e. The molecule has 0 spiro atoms. The highest BCUT2D eigenvalue weighted by molar-refractivity contribution is 4.86. The summed E-state index contributed by atoms with van der Waals surface area (Å²) in [7, 11) is 1.72. The molecule has 2 fully saturated rings. The van der Waals surface area contributed by atoms with E-state index in [1.807, 2.05) is 0 Å². The highest BCUT2D eigenvalue weighted by Gasteiger charge is 2.30. The van der Waals surface area contributed by atoms with E-state index < -0.39 is 0 Å². The van der Waals surface area contributed by atoms with E-state index in [1.54, 1.807) is 7.11 Å². The van der Waals surface area contributed by atoms with E-state index in [9.17, 15) is 0 Å². The number of hydrogen-bond donors (Lipinski definition) is 1. The van der Waals surface area contributed by atoms with Gasteiger partial charge in [-0.3, -0.25) is 4.90 Å². The normalized spacial score (nSPS) is 24.7.